The highest BCUT2D eigenvalue weighted by Gasteiger charge is 2.35. The number of para-hydroxylation sites is 1. The molecule has 5 rings (SSSR count). The molecule has 2 heterocycles. The number of nitrogens with zero attached hydrogens (tertiary/aromatic N) is 2. The summed E-state index contributed by atoms with van der Waals surface area (Å²) in [5.74, 6) is -0.263. The number of amides is 2. The zero-order chi connectivity index (χ0) is 23.1. The number of hydrogen-bond donors (Lipinski definition) is 0. The molecule has 0 atom stereocenters. The van der Waals surface area contributed by atoms with Crippen LogP contribution >= 0.6 is 23.4 Å². The fraction of sp³-hybridized carbons (Fsp3) is 0.111. The van der Waals surface area contributed by atoms with Gasteiger partial charge in [-0.1, -0.05) is 60.1 Å². The van der Waals surface area contributed by atoms with Crippen LogP contribution in [0, 0.1) is 13.8 Å². The minimum absolute atomic E-state index is 0.251. The normalized spacial score (nSPS) is 15.2. The van der Waals surface area contributed by atoms with Gasteiger partial charge in [0.25, 0.3) is 11.1 Å². The fourth-order valence-corrected chi connectivity index (χ4v) is 5.28. The Bertz CT molecular complexity index is 1450. The van der Waals surface area contributed by atoms with Crippen molar-refractivity contribution in [1.82, 2.24) is 9.47 Å². The van der Waals surface area contributed by atoms with Crippen molar-refractivity contribution < 1.29 is 9.59 Å². The molecule has 164 valence electrons. The molecule has 0 spiro atoms. The number of imide groups is 1. The molecule has 0 unspecified atom stereocenters. The van der Waals surface area contributed by atoms with Gasteiger partial charge in [-0.25, -0.2) is 0 Å². The number of thioether (sulfide) groups is 1. The van der Waals surface area contributed by atoms with Gasteiger partial charge in [0.15, 0.2) is 0 Å². The summed E-state index contributed by atoms with van der Waals surface area (Å²) in [5.41, 5.74) is 4.67. The number of aryl methyl sites for hydroxylation is 1. The van der Waals surface area contributed by atoms with Gasteiger partial charge < -0.3 is 4.57 Å². The average Bonchev–Trinajstić information content (AvgIpc) is 3.23. The van der Waals surface area contributed by atoms with Gasteiger partial charge in [-0.15, -0.1) is 0 Å². The zero-order valence-electron chi connectivity index (χ0n) is 18.2. The Morgan fingerprint density at radius 2 is 1.64 bits per heavy atom. The summed E-state index contributed by atoms with van der Waals surface area (Å²) in [6.07, 6.45) is 1.81. The summed E-state index contributed by atoms with van der Waals surface area (Å²) in [7, 11) is 0. The Morgan fingerprint density at radius 3 is 2.42 bits per heavy atom. The van der Waals surface area contributed by atoms with Gasteiger partial charge in [0.05, 0.1) is 22.2 Å². The predicted octanol–water partition coefficient (Wildman–Crippen LogP) is 7.14. The minimum atomic E-state index is -0.263. The van der Waals surface area contributed by atoms with Crippen LogP contribution in [0.5, 0.6) is 0 Å². The summed E-state index contributed by atoms with van der Waals surface area (Å²) in [5, 5.41) is 2.62. The van der Waals surface area contributed by atoms with Crippen molar-refractivity contribution >= 4 is 51.4 Å². The SMILES string of the molecule is Cc1cc(/C=C2\SC(=O)N(Cc3ccc4ccccc4c3)C2=O)c(C)n1-c1ccccc1Cl. The maximum absolute atomic E-state index is 13.1. The van der Waals surface area contributed by atoms with Crippen LogP contribution in [0.15, 0.2) is 77.7 Å². The van der Waals surface area contributed by atoms with Gasteiger partial charge in [0.2, 0.25) is 0 Å². The monoisotopic (exact) mass is 472 g/mol. The van der Waals surface area contributed by atoms with Gasteiger partial charge in [-0.05, 0) is 77.9 Å². The number of carbonyl (C=O) groups excluding carboxylic acids is 2. The molecule has 0 N–H and O–H groups in total. The van der Waals surface area contributed by atoms with E-state index < -0.39 is 0 Å². The van der Waals surface area contributed by atoms with Crippen LogP contribution in [0.25, 0.3) is 22.5 Å². The number of fused-ring (bicyclic) bond motifs is 1. The lowest BCUT2D eigenvalue weighted by atomic mass is 10.1. The highest BCUT2D eigenvalue weighted by Crippen LogP contribution is 2.35. The molecule has 4 nitrogen and oxygen atoms in total. The molecule has 1 aromatic heterocycles. The van der Waals surface area contributed by atoms with Gasteiger partial charge in [0, 0.05) is 11.4 Å². The topological polar surface area (TPSA) is 42.3 Å². The third kappa shape index (κ3) is 3.99. The van der Waals surface area contributed by atoms with E-state index in [0.717, 1.165) is 50.7 Å². The first-order chi connectivity index (χ1) is 15.9. The van der Waals surface area contributed by atoms with Crippen LogP contribution in [0.4, 0.5) is 4.79 Å². The smallest absolute Gasteiger partial charge is 0.293 e. The van der Waals surface area contributed by atoms with Crippen molar-refractivity contribution in [2.24, 2.45) is 0 Å². The van der Waals surface area contributed by atoms with Crippen LogP contribution in [0.1, 0.15) is 22.5 Å². The zero-order valence-corrected chi connectivity index (χ0v) is 19.8. The van der Waals surface area contributed by atoms with Gasteiger partial charge in [0.1, 0.15) is 0 Å². The second kappa shape index (κ2) is 8.58. The molecule has 0 radical (unpaired) electrons. The number of carbonyl (C=O) groups is 2. The molecule has 3 aromatic carbocycles. The van der Waals surface area contributed by atoms with Crippen molar-refractivity contribution in [3.05, 3.63) is 105 Å². The molecular formula is C27H21ClN2O2S. The lowest BCUT2D eigenvalue weighted by Gasteiger charge is -2.13. The maximum atomic E-state index is 13.1. The van der Waals surface area contributed by atoms with E-state index in [1.165, 1.54) is 4.90 Å². The van der Waals surface area contributed by atoms with E-state index in [9.17, 15) is 9.59 Å². The second-order valence-corrected chi connectivity index (χ2v) is 9.46. The number of benzene rings is 3. The van der Waals surface area contributed by atoms with Crippen molar-refractivity contribution in [3.8, 4) is 5.69 Å². The highest BCUT2D eigenvalue weighted by atomic mass is 35.5. The van der Waals surface area contributed by atoms with E-state index in [2.05, 4.69) is 4.57 Å². The molecule has 33 heavy (non-hydrogen) atoms. The molecule has 0 aliphatic carbocycles. The summed E-state index contributed by atoms with van der Waals surface area (Å²) in [6.45, 7) is 4.24. The first kappa shape index (κ1) is 21.6. The molecule has 0 bridgehead atoms. The van der Waals surface area contributed by atoms with Crippen molar-refractivity contribution in [3.63, 3.8) is 0 Å². The highest BCUT2D eigenvalue weighted by molar-refractivity contribution is 8.18. The Hall–Kier alpha value is -3.28. The standard InChI is InChI=1S/C27H21ClN2O2S/c1-17-13-22(18(2)30(17)24-10-6-5-9-23(24)28)15-25-26(31)29(27(32)33-25)16-19-11-12-20-7-3-4-8-21(20)14-19/h3-15H,16H2,1-2H3/b25-15-. The van der Waals surface area contributed by atoms with Gasteiger partial charge in [-0.3, -0.25) is 14.5 Å². The van der Waals surface area contributed by atoms with E-state index in [4.69, 9.17) is 11.6 Å². The Balaban J connectivity index is 1.43. The third-order valence-electron chi connectivity index (χ3n) is 5.88. The minimum Gasteiger partial charge on any atom is -0.316 e. The van der Waals surface area contributed by atoms with E-state index in [1.54, 1.807) is 6.08 Å². The Morgan fingerprint density at radius 1 is 0.909 bits per heavy atom. The van der Waals surface area contributed by atoms with Crippen molar-refractivity contribution in [2.45, 2.75) is 20.4 Å². The quantitative estimate of drug-likeness (QED) is 0.296. The van der Waals surface area contributed by atoms with Crippen LogP contribution < -0.4 is 0 Å². The number of halogens is 1. The molecule has 2 amide bonds. The maximum Gasteiger partial charge on any atom is 0.293 e. The number of aromatic nitrogens is 1. The first-order valence-corrected chi connectivity index (χ1v) is 11.8. The molecule has 1 fully saturated rings. The summed E-state index contributed by atoms with van der Waals surface area (Å²) in [6, 6.07) is 23.7. The van der Waals surface area contributed by atoms with Crippen LogP contribution in [0.3, 0.4) is 0 Å². The molecule has 1 aliphatic rings. The molecular weight excluding hydrogens is 452 g/mol. The lowest BCUT2D eigenvalue weighted by molar-refractivity contribution is -0.123. The molecule has 0 saturated carbocycles. The van der Waals surface area contributed by atoms with Gasteiger partial charge in [-0.2, -0.15) is 0 Å². The van der Waals surface area contributed by atoms with Crippen LogP contribution in [-0.2, 0) is 11.3 Å². The third-order valence-corrected chi connectivity index (χ3v) is 7.11. The van der Waals surface area contributed by atoms with E-state index in [-0.39, 0.29) is 17.7 Å². The van der Waals surface area contributed by atoms with Gasteiger partial charge >= 0.3 is 0 Å². The number of hydrogen-bond acceptors (Lipinski definition) is 3. The van der Waals surface area contributed by atoms with E-state index in [1.807, 2.05) is 86.6 Å². The second-order valence-electron chi connectivity index (χ2n) is 8.06. The molecule has 1 aliphatic heterocycles. The average molecular weight is 473 g/mol. The van der Waals surface area contributed by atoms with Crippen molar-refractivity contribution in [2.75, 3.05) is 0 Å². The first-order valence-electron chi connectivity index (χ1n) is 10.6. The Kier molecular flexibility index (Phi) is 5.60. The fourth-order valence-electron chi connectivity index (χ4n) is 4.23. The molecule has 4 aromatic rings. The largest absolute Gasteiger partial charge is 0.316 e. The summed E-state index contributed by atoms with van der Waals surface area (Å²) in [4.78, 5) is 27.5. The predicted molar refractivity (Wildman–Crippen MR) is 136 cm³/mol. The number of rotatable bonds is 4. The van der Waals surface area contributed by atoms with Crippen molar-refractivity contribution in [1.29, 1.82) is 0 Å². The molecule has 6 heteroatoms. The summed E-state index contributed by atoms with van der Waals surface area (Å²) < 4.78 is 2.06. The molecule has 1 saturated heterocycles. The van der Waals surface area contributed by atoms with Crippen LogP contribution in [-0.4, -0.2) is 20.6 Å². The van der Waals surface area contributed by atoms with E-state index in [0.29, 0.717) is 9.93 Å². The van der Waals surface area contributed by atoms with Crippen LogP contribution in [0.2, 0.25) is 5.02 Å². The van der Waals surface area contributed by atoms with E-state index >= 15 is 0 Å². The summed E-state index contributed by atoms with van der Waals surface area (Å²) >= 11 is 7.40. The lowest BCUT2D eigenvalue weighted by Crippen LogP contribution is -2.27. The Labute approximate surface area is 201 Å².